The van der Waals surface area contributed by atoms with Crippen LogP contribution in [0.4, 0.5) is 0 Å². The number of rotatable bonds is 11. The Morgan fingerprint density at radius 1 is 1.00 bits per heavy atom. The van der Waals surface area contributed by atoms with E-state index in [1.165, 1.54) is 12.4 Å². The number of carbonyl (C=O) groups is 1. The topological polar surface area (TPSA) is 108 Å². The van der Waals surface area contributed by atoms with Crippen LogP contribution in [0.25, 0.3) is 11.0 Å². The number of halogens is 2. The van der Waals surface area contributed by atoms with Crippen LogP contribution >= 0.6 is 23.2 Å². The summed E-state index contributed by atoms with van der Waals surface area (Å²) in [4.78, 5) is 31.8. The summed E-state index contributed by atoms with van der Waals surface area (Å²) < 4.78 is 5.90. The van der Waals surface area contributed by atoms with Crippen molar-refractivity contribution in [3.63, 3.8) is 0 Å². The van der Waals surface area contributed by atoms with E-state index in [0.717, 1.165) is 65.5 Å². The summed E-state index contributed by atoms with van der Waals surface area (Å²) in [6, 6.07) is 20.3. The van der Waals surface area contributed by atoms with Crippen LogP contribution in [0.3, 0.4) is 0 Å². The van der Waals surface area contributed by atoms with E-state index in [4.69, 9.17) is 32.9 Å². The third-order valence-corrected chi connectivity index (χ3v) is 8.03. The lowest BCUT2D eigenvalue weighted by Gasteiger charge is -2.35. The SMILES string of the molecule is O=C(NCc1ccc(CN(CCNCc2nc3ccccc3[nH]2)C2CCOc3cccnc32)cc1)c1c(Cl)cncc1Cl. The van der Waals surface area contributed by atoms with Gasteiger partial charge in [-0.3, -0.25) is 19.7 Å². The van der Waals surface area contributed by atoms with Crippen LogP contribution in [0.5, 0.6) is 5.75 Å². The number of para-hydroxylation sites is 2. The zero-order valence-electron chi connectivity index (χ0n) is 23.4. The number of aromatic amines is 1. The molecule has 2 aromatic carbocycles. The highest BCUT2D eigenvalue weighted by Gasteiger charge is 2.28. The van der Waals surface area contributed by atoms with Crippen LogP contribution in [0.2, 0.25) is 10.0 Å². The molecule has 1 aliphatic rings. The monoisotopic (exact) mass is 615 g/mol. The summed E-state index contributed by atoms with van der Waals surface area (Å²) in [7, 11) is 0. The normalized spacial score (nSPS) is 14.4. The van der Waals surface area contributed by atoms with Crippen molar-refractivity contribution in [1.82, 2.24) is 35.5 Å². The van der Waals surface area contributed by atoms with Gasteiger partial charge in [-0.05, 0) is 35.4 Å². The first kappa shape index (κ1) is 29.1. The van der Waals surface area contributed by atoms with Crippen molar-refractivity contribution in [2.75, 3.05) is 19.7 Å². The van der Waals surface area contributed by atoms with Crippen molar-refractivity contribution in [3.05, 3.63) is 118 Å². The molecule has 1 atom stereocenters. The van der Waals surface area contributed by atoms with E-state index in [-0.39, 0.29) is 27.6 Å². The van der Waals surface area contributed by atoms with Gasteiger partial charge < -0.3 is 20.4 Å². The van der Waals surface area contributed by atoms with Gasteiger partial charge in [0.2, 0.25) is 0 Å². The highest BCUT2D eigenvalue weighted by Crippen LogP contribution is 2.34. The minimum Gasteiger partial charge on any atom is -0.492 e. The molecule has 43 heavy (non-hydrogen) atoms. The molecule has 4 heterocycles. The molecule has 0 bridgehead atoms. The van der Waals surface area contributed by atoms with Gasteiger partial charge in [0.25, 0.3) is 5.91 Å². The number of pyridine rings is 2. The largest absolute Gasteiger partial charge is 0.492 e. The Bertz CT molecular complexity index is 1660. The summed E-state index contributed by atoms with van der Waals surface area (Å²) in [6.45, 7) is 3.98. The standard InChI is InChI=1S/C32H31Cl2N7O2/c33-23-17-36-18-24(34)30(23)32(42)38-16-21-7-9-22(10-8-21)20-41(27-11-15-43-28-6-3-12-37-31(27)28)14-13-35-19-29-39-25-4-1-2-5-26(25)40-29/h1-10,12,17-18,27,35H,11,13-16,19-20H2,(H,38,42)(H,39,40). The summed E-state index contributed by atoms with van der Waals surface area (Å²) in [6.07, 6.45) is 5.50. The van der Waals surface area contributed by atoms with Crippen molar-refractivity contribution < 1.29 is 9.53 Å². The molecule has 3 aromatic heterocycles. The number of H-pyrrole nitrogens is 1. The number of imidazole rings is 1. The van der Waals surface area contributed by atoms with E-state index in [1.54, 1.807) is 0 Å². The summed E-state index contributed by atoms with van der Waals surface area (Å²) in [5.74, 6) is 1.43. The average Bonchev–Trinajstić information content (AvgIpc) is 3.45. The molecule has 220 valence electrons. The van der Waals surface area contributed by atoms with Gasteiger partial charge in [0.1, 0.15) is 11.6 Å². The molecule has 0 saturated heterocycles. The van der Waals surface area contributed by atoms with Crippen LogP contribution in [-0.4, -0.2) is 50.4 Å². The molecule has 0 spiro atoms. The number of ether oxygens (including phenoxy) is 1. The van der Waals surface area contributed by atoms with Gasteiger partial charge in [0, 0.05) is 51.2 Å². The van der Waals surface area contributed by atoms with E-state index in [9.17, 15) is 4.79 Å². The Morgan fingerprint density at radius 3 is 2.60 bits per heavy atom. The molecular formula is C32H31Cl2N7O2. The Morgan fingerprint density at radius 2 is 1.79 bits per heavy atom. The number of fused-ring (bicyclic) bond motifs is 2. The lowest BCUT2D eigenvalue weighted by Crippen LogP contribution is -2.37. The molecule has 1 aliphatic heterocycles. The number of nitrogens with zero attached hydrogens (tertiary/aromatic N) is 4. The first-order valence-corrected chi connectivity index (χ1v) is 14.9. The Kier molecular flexibility index (Phi) is 9.14. The van der Waals surface area contributed by atoms with Crippen LogP contribution in [0, 0.1) is 0 Å². The quantitative estimate of drug-likeness (QED) is 0.163. The number of nitrogens with one attached hydrogen (secondary N) is 3. The Hall–Kier alpha value is -4.02. The molecule has 0 saturated carbocycles. The fraction of sp³-hybridized carbons (Fsp3) is 0.250. The summed E-state index contributed by atoms with van der Waals surface area (Å²) >= 11 is 12.3. The maximum Gasteiger partial charge on any atom is 0.254 e. The second-order valence-corrected chi connectivity index (χ2v) is 11.2. The fourth-order valence-electron chi connectivity index (χ4n) is 5.31. The molecule has 1 amide bonds. The minimum atomic E-state index is -0.339. The van der Waals surface area contributed by atoms with Crippen molar-refractivity contribution in [2.45, 2.75) is 32.1 Å². The number of benzene rings is 2. The first-order chi connectivity index (χ1) is 21.0. The van der Waals surface area contributed by atoms with Crippen molar-refractivity contribution in [1.29, 1.82) is 0 Å². The third kappa shape index (κ3) is 6.97. The minimum absolute atomic E-state index is 0.131. The molecule has 9 nitrogen and oxygen atoms in total. The predicted molar refractivity (Wildman–Crippen MR) is 167 cm³/mol. The van der Waals surface area contributed by atoms with Crippen molar-refractivity contribution in [2.24, 2.45) is 0 Å². The zero-order chi connectivity index (χ0) is 29.6. The molecule has 0 fully saturated rings. The molecule has 6 rings (SSSR count). The van der Waals surface area contributed by atoms with Crippen molar-refractivity contribution >= 4 is 40.1 Å². The van der Waals surface area contributed by atoms with Gasteiger partial charge in [-0.1, -0.05) is 59.6 Å². The molecular weight excluding hydrogens is 585 g/mol. The van der Waals surface area contributed by atoms with Gasteiger partial charge in [-0.2, -0.15) is 0 Å². The van der Waals surface area contributed by atoms with Crippen LogP contribution in [0.1, 0.15) is 45.5 Å². The summed E-state index contributed by atoms with van der Waals surface area (Å²) in [5.41, 5.74) is 5.34. The number of aromatic nitrogens is 4. The van der Waals surface area contributed by atoms with Gasteiger partial charge in [-0.15, -0.1) is 0 Å². The van der Waals surface area contributed by atoms with Crippen molar-refractivity contribution in [3.8, 4) is 5.75 Å². The maximum atomic E-state index is 12.7. The number of carbonyl (C=O) groups excluding carboxylic acids is 1. The first-order valence-electron chi connectivity index (χ1n) is 14.2. The van der Waals surface area contributed by atoms with Gasteiger partial charge >= 0.3 is 0 Å². The van der Waals surface area contributed by atoms with E-state index in [2.05, 4.69) is 42.6 Å². The van der Waals surface area contributed by atoms with Crippen LogP contribution < -0.4 is 15.4 Å². The Balaban J connectivity index is 1.11. The number of hydrogen-bond acceptors (Lipinski definition) is 7. The third-order valence-electron chi connectivity index (χ3n) is 7.45. The molecule has 5 aromatic rings. The second-order valence-electron chi connectivity index (χ2n) is 10.4. The predicted octanol–water partition coefficient (Wildman–Crippen LogP) is 5.71. The molecule has 3 N–H and O–H groups in total. The van der Waals surface area contributed by atoms with Crippen LogP contribution in [0.15, 0.2) is 79.3 Å². The molecule has 11 heteroatoms. The van der Waals surface area contributed by atoms with E-state index in [1.807, 2.05) is 54.7 Å². The highest BCUT2D eigenvalue weighted by molar-refractivity contribution is 6.39. The van der Waals surface area contributed by atoms with Gasteiger partial charge in [-0.25, -0.2) is 4.98 Å². The second kappa shape index (κ2) is 13.5. The zero-order valence-corrected chi connectivity index (χ0v) is 24.9. The molecule has 1 unspecified atom stereocenters. The lowest BCUT2D eigenvalue weighted by atomic mass is 10.0. The van der Waals surface area contributed by atoms with Gasteiger partial charge in [0.05, 0.1) is 51.5 Å². The molecule has 0 aliphatic carbocycles. The van der Waals surface area contributed by atoms with E-state index >= 15 is 0 Å². The highest BCUT2D eigenvalue weighted by atomic mass is 35.5. The van der Waals surface area contributed by atoms with E-state index in [0.29, 0.717) is 19.7 Å². The van der Waals surface area contributed by atoms with Gasteiger partial charge in [0.15, 0.2) is 0 Å². The summed E-state index contributed by atoms with van der Waals surface area (Å²) in [5, 5.41) is 6.88. The fourth-order valence-corrected chi connectivity index (χ4v) is 5.84. The maximum absolute atomic E-state index is 12.7. The molecule has 0 radical (unpaired) electrons. The lowest BCUT2D eigenvalue weighted by molar-refractivity contribution is 0.0951. The average molecular weight is 617 g/mol. The smallest absolute Gasteiger partial charge is 0.254 e. The Labute approximate surface area is 259 Å². The van der Waals surface area contributed by atoms with E-state index < -0.39 is 0 Å². The van der Waals surface area contributed by atoms with Crippen LogP contribution in [-0.2, 0) is 19.6 Å². The number of hydrogen-bond donors (Lipinski definition) is 3. The number of amides is 1.